The van der Waals surface area contributed by atoms with Crippen LogP contribution in [-0.4, -0.2) is 24.8 Å². The van der Waals surface area contributed by atoms with Gasteiger partial charge in [-0.1, -0.05) is 30.3 Å². The Bertz CT molecular complexity index is 1420. The van der Waals surface area contributed by atoms with Gasteiger partial charge in [-0.2, -0.15) is 5.10 Å². The average molecular weight is 449 g/mol. The van der Waals surface area contributed by atoms with Crippen LogP contribution < -0.4 is 16.6 Å². The predicted octanol–water partition coefficient (Wildman–Crippen LogP) is 2.71. The van der Waals surface area contributed by atoms with E-state index in [0.29, 0.717) is 29.9 Å². The van der Waals surface area contributed by atoms with Gasteiger partial charge in [-0.05, 0) is 50.1 Å². The van der Waals surface area contributed by atoms with Crippen molar-refractivity contribution in [1.82, 2.24) is 18.9 Å². The molecular formula is C24H24FN5O3. The highest BCUT2D eigenvalue weighted by atomic mass is 19.1. The minimum Gasteiger partial charge on any atom is -0.325 e. The molecule has 0 saturated heterocycles. The van der Waals surface area contributed by atoms with Gasteiger partial charge < -0.3 is 5.32 Å². The van der Waals surface area contributed by atoms with Crippen molar-refractivity contribution in [2.45, 2.75) is 39.9 Å². The van der Waals surface area contributed by atoms with Crippen molar-refractivity contribution in [2.24, 2.45) is 0 Å². The summed E-state index contributed by atoms with van der Waals surface area (Å²) in [6.07, 6.45) is 0.489. The second-order valence-corrected chi connectivity index (χ2v) is 7.71. The third-order valence-electron chi connectivity index (χ3n) is 5.47. The molecule has 0 aliphatic heterocycles. The summed E-state index contributed by atoms with van der Waals surface area (Å²) in [6, 6.07) is 14.9. The summed E-state index contributed by atoms with van der Waals surface area (Å²) in [5.41, 5.74) is 1.52. The molecule has 0 radical (unpaired) electrons. The number of halogens is 1. The fraction of sp³-hybridized carbons (Fsp3) is 0.250. The Balaban J connectivity index is 1.76. The third kappa shape index (κ3) is 4.48. The zero-order chi connectivity index (χ0) is 23.5. The van der Waals surface area contributed by atoms with Gasteiger partial charge in [-0.25, -0.2) is 9.18 Å². The lowest BCUT2D eigenvalue weighted by atomic mass is 10.1. The molecule has 2 heterocycles. The summed E-state index contributed by atoms with van der Waals surface area (Å²) in [5.74, 6) is -0.888. The molecule has 9 heteroatoms. The van der Waals surface area contributed by atoms with Crippen molar-refractivity contribution in [2.75, 3.05) is 5.32 Å². The maximum atomic E-state index is 13.4. The molecule has 4 rings (SSSR count). The highest BCUT2D eigenvalue weighted by Gasteiger charge is 2.21. The van der Waals surface area contributed by atoms with Gasteiger partial charge in [0.15, 0.2) is 5.52 Å². The van der Waals surface area contributed by atoms with E-state index in [1.807, 2.05) is 37.3 Å². The second-order valence-electron chi connectivity index (χ2n) is 7.71. The van der Waals surface area contributed by atoms with Crippen molar-refractivity contribution in [3.05, 3.63) is 92.5 Å². The molecule has 2 aromatic heterocycles. The summed E-state index contributed by atoms with van der Waals surface area (Å²) in [4.78, 5) is 39.4. The number of rotatable bonds is 7. The molecule has 0 unspecified atom stereocenters. The molecule has 0 aliphatic carbocycles. The third-order valence-corrected chi connectivity index (χ3v) is 5.47. The quantitative estimate of drug-likeness (QED) is 0.470. The number of carbonyl (C=O) groups excluding carboxylic acids is 1. The maximum absolute atomic E-state index is 13.4. The molecule has 170 valence electrons. The minimum absolute atomic E-state index is 0.172. The van der Waals surface area contributed by atoms with Crippen molar-refractivity contribution < 1.29 is 9.18 Å². The molecule has 0 atom stereocenters. The first-order valence-electron chi connectivity index (χ1n) is 10.7. The lowest BCUT2D eigenvalue weighted by Crippen LogP contribution is -2.42. The number of aromatic nitrogens is 4. The zero-order valence-corrected chi connectivity index (χ0v) is 18.4. The van der Waals surface area contributed by atoms with Crippen LogP contribution in [0.2, 0.25) is 0 Å². The van der Waals surface area contributed by atoms with Crippen LogP contribution >= 0.6 is 0 Å². The second kappa shape index (κ2) is 9.23. The predicted molar refractivity (Wildman–Crippen MR) is 124 cm³/mol. The highest BCUT2D eigenvalue weighted by Crippen LogP contribution is 2.15. The molecule has 0 saturated carbocycles. The van der Waals surface area contributed by atoms with Gasteiger partial charge in [-0.3, -0.25) is 23.4 Å². The maximum Gasteiger partial charge on any atom is 0.332 e. The van der Waals surface area contributed by atoms with E-state index in [1.54, 1.807) is 11.6 Å². The largest absolute Gasteiger partial charge is 0.332 e. The number of anilines is 1. The van der Waals surface area contributed by atoms with E-state index in [9.17, 15) is 18.8 Å². The lowest BCUT2D eigenvalue weighted by Gasteiger charge is -2.13. The topological polar surface area (TPSA) is 90.9 Å². The number of carbonyl (C=O) groups is 1. The van der Waals surface area contributed by atoms with Crippen LogP contribution in [0, 0.1) is 12.7 Å². The molecule has 1 amide bonds. The molecule has 8 nitrogen and oxygen atoms in total. The number of fused-ring (bicyclic) bond motifs is 1. The van der Waals surface area contributed by atoms with Crippen LogP contribution in [0.4, 0.5) is 10.1 Å². The smallest absolute Gasteiger partial charge is 0.325 e. The van der Waals surface area contributed by atoms with Crippen LogP contribution in [0.25, 0.3) is 11.0 Å². The Morgan fingerprint density at radius 2 is 1.70 bits per heavy atom. The summed E-state index contributed by atoms with van der Waals surface area (Å²) in [5, 5.41) is 7.06. The van der Waals surface area contributed by atoms with Crippen molar-refractivity contribution in [3.63, 3.8) is 0 Å². The monoisotopic (exact) mass is 449 g/mol. The first kappa shape index (κ1) is 22.2. The average Bonchev–Trinajstić information content (AvgIpc) is 3.15. The van der Waals surface area contributed by atoms with Gasteiger partial charge >= 0.3 is 5.69 Å². The first-order valence-corrected chi connectivity index (χ1v) is 10.7. The number of aryl methyl sites for hydroxylation is 3. The van der Waals surface area contributed by atoms with Crippen LogP contribution in [0.3, 0.4) is 0 Å². The van der Waals surface area contributed by atoms with Gasteiger partial charge in [0.25, 0.3) is 5.56 Å². The van der Waals surface area contributed by atoms with E-state index in [-0.39, 0.29) is 18.6 Å². The van der Waals surface area contributed by atoms with Gasteiger partial charge in [0.2, 0.25) is 5.91 Å². The molecule has 4 aromatic rings. The fourth-order valence-electron chi connectivity index (χ4n) is 3.90. The van der Waals surface area contributed by atoms with Crippen LogP contribution in [0.5, 0.6) is 0 Å². The van der Waals surface area contributed by atoms with Crippen LogP contribution in [-0.2, 0) is 30.8 Å². The normalized spacial score (nSPS) is 11.1. The molecule has 1 N–H and O–H groups in total. The number of nitrogens with one attached hydrogen (secondary N) is 1. The highest BCUT2D eigenvalue weighted by molar-refractivity contribution is 5.91. The Kier molecular flexibility index (Phi) is 6.21. The van der Waals surface area contributed by atoms with Gasteiger partial charge in [0.05, 0.1) is 5.69 Å². The molecule has 33 heavy (non-hydrogen) atoms. The van der Waals surface area contributed by atoms with E-state index < -0.39 is 23.0 Å². The van der Waals surface area contributed by atoms with E-state index in [0.717, 1.165) is 10.1 Å². The van der Waals surface area contributed by atoms with Crippen molar-refractivity contribution >= 4 is 22.6 Å². The molecule has 0 bridgehead atoms. The van der Waals surface area contributed by atoms with Crippen molar-refractivity contribution in [3.8, 4) is 0 Å². The van der Waals surface area contributed by atoms with E-state index >= 15 is 0 Å². The van der Waals surface area contributed by atoms with E-state index in [1.165, 1.54) is 28.8 Å². The number of hydrogen-bond acceptors (Lipinski definition) is 4. The Morgan fingerprint density at radius 1 is 1.00 bits per heavy atom. The SMILES string of the molecule is CCn1nc(C)c2c1c(=O)n(CCc1ccccc1)c(=O)n2CC(=O)Nc1ccc(F)cc1. The molecule has 0 aliphatic rings. The summed E-state index contributed by atoms with van der Waals surface area (Å²) < 4.78 is 17.2. The standard InChI is InChI=1S/C24H24FN5O3/c1-3-30-22-21(16(2)27-30)29(15-20(31)26-19-11-9-18(25)10-12-19)24(33)28(23(22)32)14-13-17-7-5-4-6-8-17/h4-12H,3,13-15H2,1-2H3,(H,26,31). The Labute approximate surface area is 188 Å². The number of amides is 1. The molecule has 0 fully saturated rings. The molecule has 0 spiro atoms. The Morgan fingerprint density at radius 3 is 2.36 bits per heavy atom. The van der Waals surface area contributed by atoms with E-state index in [4.69, 9.17) is 0 Å². The minimum atomic E-state index is -0.573. The lowest BCUT2D eigenvalue weighted by molar-refractivity contribution is -0.116. The van der Waals surface area contributed by atoms with Crippen molar-refractivity contribution in [1.29, 1.82) is 0 Å². The van der Waals surface area contributed by atoms with Gasteiger partial charge in [0, 0.05) is 18.8 Å². The van der Waals surface area contributed by atoms with Gasteiger partial charge in [0.1, 0.15) is 17.9 Å². The fourth-order valence-corrected chi connectivity index (χ4v) is 3.90. The first-order chi connectivity index (χ1) is 15.9. The van der Waals surface area contributed by atoms with E-state index in [2.05, 4.69) is 10.4 Å². The summed E-state index contributed by atoms with van der Waals surface area (Å²) in [7, 11) is 0. The summed E-state index contributed by atoms with van der Waals surface area (Å²) >= 11 is 0. The van der Waals surface area contributed by atoms with Crippen LogP contribution in [0.1, 0.15) is 18.2 Å². The molecular weight excluding hydrogens is 425 g/mol. The number of nitrogens with zero attached hydrogens (tertiary/aromatic N) is 4. The zero-order valence-electron chi connectivity index (χ0n) is 18.4. The molecule has 2 aromatic carbocycles. The summed E-state index contributed by atoms with van der Waals surface area (Å²) in [6.45, 7) is 3.87. The van der Waals surface area contributed by atoms with Gasteiger partial charge in [-0.15, -0.1) is 0 Å². The Hall–Kier alpha value is -4.01. The number of hydrogen-bond donors (Lipinski definition) is 1. The van der Waals surface area contributed by atoms with Crippen LogP contribution in [0.15, 0.2) is 64.2 Å². The number of benzene rings is 2.